The van der Waals surface area contributed by atoms with Crippen LogP contribution in [0.15, 0.2) is 61.2 Å². The van der Waals surface area contributed by atoms with Gasteiger partial charge in [0.2, 0.25) is 0 Å². The monoisotopic (exact) mass is 308 g/mol. The van der Waals surface area contributed by atoms with Crippen LogP contribution in [0.3, 0.4) is 0 Å². The molecule has 0 aliphatic rings. The molecule has 0 saturated carbocycles. The van der Waals surface area contributed by atoms with E-state index in [1.165, 1.54) is 0 Å². The minimum absolute atomic E-state index is 0.182. The van der Waals surface area contributed by atoms with Crippen LogP contribution in [0.4, 0.5) is 10.5 Å². The van der Waals surface area contributed by atoms with Crippen molar-refractivity contribution in [3.63, 3.8) is 0 Å². The van der Waals surface area contributed by atoms with Crippen LogP contribution in [0.2, 0.25) is 0 Å². The quantitative estimate of drug-likeness (QED) is 0.758. The van der Waals surface area contributed by atoms with Crippen molar-refractivity contribution in [1.82, 2.24) is 14.9 Å². The van der Waals surface area contributed by atoms with E-state index in [4.69, 9.17) is 0 Å². The van der Waals surface area contributed by atoms with Crippen molar-refractivity contribution in [2.24, 2.45) is 5.92 Å². The number of imidazole rings is 1. The second-order valence-corrected chi connectivity index (χ2v) is 5.73. The number of carbonyl (C=O) groups excluding carboxylic acids is 1. The average Bonchev–Trinajstić information content (AvgIpc) is 3.06. The Morgan fingerprint density at radius 3 is 2.87 bits per heavy atom. The summed E-state index contributed by atoms with van der Waals surface area (Å²) in [6.07, 6.45) is 5.47. The van der Waals surface area contributed by atoms with Crippen LogP contribution in [-0.2, 0) is 6.54 Å². The number of anilines is 1. The lowest BCUT2D eigenvalue weighted by molar-refractivity contribution is 0.250. The Hall–Kier alpha value is -2.82. The summed E-state index contributed by atoms with van der Waals surface area (Å²) in [6.45, 7) is 3.53. The molecule has 2 amide bonds. The highest BCUT2D eigenvalue weighted by Gasteiger charge is 2.08. The summed E-state index contributed by atoms with van der Waals surface area (Å²) in [6, 6.07) is 13.7. The van der Waals surface area contributed by atoms with Gasteiger partial charge in [0.1, 0.15) is 0 Å². The first-order valence-electron chi connectivity index (χ1n) is 7.71. The summed E-state index contributed by atoms with van der Waals surface area (Å²) in [4.78, 5) is 16.1. The Labute approximate surface area is 135 Å². The minimum Gasteiger partial charge on any atom is -0.338 e. The lowest BCUT2D eigenvalue weighted by Crippen LogP contribution is -2.33. The van der Waals surface area contributed by atoms with E-state index in [-0.39, 0.29) is 6.03 Å². The molecule has 1 heterocycles. The van der Waals surface area contributed by atoms with Gasteiger partial charge in [-0.25, -0.2) is 9.78 Å². The van der Waals surface area contributed by atoms with Crippen LogP contribution < -0.4 is 10.6 Å². The van der Waals surface area contributed by atoms with Gasteiger partial charge in [-0.2, -0.15) is 0 Å². The van der Waals surface area contributed by atoms with E-state index in [1.54, 1.807) is 12.5 Å². The Morgan fingerprint density at radius 2 is 2.04 bits per heavy atom. The summed E-state index contributed by atoms with van der Waals surface area (Å²) >= 11 is 0. The number of nitrogens with zero attached hydrogens (tertiary/aromatic N) is 2. The van der Waals surface area contributed by atoms with Crippen molar-refractivity contribution in [1.29, 1.82) is 0 Å². The lowest BCUT2D eigenvalue weighted by atomic mass is 10.1. The van der Waals surface area contributed by atoms with Crippen LogP contribution in [0.1, 0.15) is 6.92 Å². The van der Waals surface area contributed by atoms with Gasteiger partial charge in [-0.1, -0.05) is 43.3 Å². The van der Waals surface area contributed by atoms with Gasteiger partial charge in [-0.3, -0.25) is 0 Å². The molecule has 5 heteroatoms. The number of fused-ring (bicyclic) bond motifs is 1. The maximum atomic E-state index is 12.1. The van der Waals surface area contributed by atoms with Gasteiger partial charge in [0.05, 0.1) is 12.0 Å². The predicted molar refractivity (Wildman–Crippen MR) is 92.4 cm³/mol. The standard InChI is InChI=1S/C18H20N4O/c1-14(12-22-10-9-19-13-22)11-20-18(23)21-17-8-4-6-15-5-2-3-7-16(15)17/h2-10,13-14H,11-12H2,1H3,(H2,20,21,23)/t14-/m0/s1. The average molecular weight is 308 g/mol. The molecule has 0 radical (unpaired) electrons. The van der Waals surface area contributed by atoms with Crippen LogP contribution in [0.25, 0.3) is 10.8 Å². The maximum absolute atomic E-state index is 12.1. The number of carbonyl (C=O) groups is 1. The molecule has 0 fully saturated rings. The summed E-state index contributed by atoms with van der Waals surface area (Å²) < 4.78 is 2.01. The Morgan fingerprint density at radius 1 is 1.22 bits per heavy atom. The Balaban J connectivity index is 1.56. The first-order chi connectivity index (χ1) is 11.2. The smallest absolute Gasteiger partial charge is 0.319 e. The number of benzene rings is 2. The van der Waals surface area contributed by atoms with Crippen LogP contribution >= 0.6 is 0 Å². The second kappa shape index (κ2) is 6.96. The van der Waals surface area contributed by atoms with E-state index < -0.39 is 0 Å². The Bertz CT molecular complexity index is 777. The van der Waals surface area contributed by atoms with Crippen molar-refractivity contribution in [2.75, 3.05) is 11.9 Å². The zero-order valence-electron chi connectivity index (χ0n) is 13.1. The van der Waals surface area contributed by atoms with Crippen molar-refractivity contribution >= 4 is 22.5 Å². The predicted octanol–water partition coefficient (Wildman–Crippen LogP) is 3.49. The third-order valence-corrected chi connectivity index (χ3v) is 3.73. The zero-order valence-corrected chi connectivity index (χ0v) is 13.1. The molecule has 1 atom stereocenters. The van der Waals surface area contributed by atoms with Crippen molar-refractivity contribution in [3.05, 3.63) is 61.2 Å². The fraction of sp³-hybridized carbons (Fsp3) is 0.222. The van der Waals surface area contributed by atoms with Gasteiger partial charge >= 0.3 is 6.03 Å². The van der Waals surface area contributed by atoms with Crippen LogP contribution in [-0.4, -0.2) is 22.1 Å². The van der Waals surface area contributed by atoms with E-state index >= 15 is 0 Å². The molecule has 5 nitrogen and oxygen atoms in total. The van der Waals surface area contributed by atoms with Gasteiger partial charge in [0.25, 0.3) is 0 Å². The third-order valence-electron chi connectivity index (χ3n) is 3.73. The zero-order chi connectivity index (χ0) is 16.1. The van der Waals surface area contributed by atoms with Gasteiger partial charge < -0.3 is 15.2 Å². The molecule has 0 aliphatic heterocycles. The molecule has 0 saturated heterocycles. The first-order valence-corrected chi connectivity index (χ1v) is 7.71. The van der Waals surface area contributed by atoms with Crippen LogP contribution in [0.5, 0.6) is 0 Å². The highest BCUT2D eigenvalue weighted by atomic mass is 16.2. The Kier molecular flexibility index (Phi) is 4.57. The molecular formula is C18H20N4O. The number of hydrogen-bond donors (Lipinski definition) is 2. The molecule has 2 aromatic carbocycles. The van der Waals surface area contributed by atoms with E-state index in [2.05, 4.69) is 22.5 Å². The van der Waals surface area contributed by atoms with Crippen molar-refractivity contribution in [2.45, 2.75) is 13.5 Å². The molecule has 0 spiro atoms. The number of urea groups is 1. The first kappa shape index (κ1) is 15.1. The fourth-order valence-corrected chi connectivity index (χ4v) is 2.59. The number of amides is 2. The van der Waals surface area contributed by atoms with Gasteiger partial charge in [0, 0.05) is 30.9 Å². The fourth-order valence-electron chi connectivity index (χ4n) is 2.59. The highest BCUT2D eigenvalue weighted by molar-refractivity contribution is 6.01. The van der Waals surface area contributed by atoms with Gasteiger partial charge in [-0.05, 0) is 17.4 Å². The van der Waals surface area contributed by atoms with Crippen LogP contribution in [0, 0.1) is 5.92 Å². The molecule has 0 unspecified atom stereocenters. The molecule has 23 heavy (non-hydrogen) atoms. The van der Waals surface area contributed by atoms with E-state index in [1.807, 2.05) is 53.2 Å². The number of aromatic nitrogens is 2. The SMILES string of the molecule is C[C@@H](CNC(=O)Nc1cccc2ccccc12)Cn1ccnc1. The number of nitrogens with one attached hydrogen (secondary N) is 2. The molecule has 1 aromatic heterocycles. The van der Waals surface area contributed by atoms with E-state index in [9.17, 15) is 4.79 Å². The summed E-state index contributed by atoms with van der Waals surface area (Å²) in [7, 11) is 0. The minimum atomic E-state index is -0.182. The molecule has 3 rings (SSSR count). The molecule has 0 aliphatic carbocycles. The number of rotatable bonds is 5. The van der Waals surface area contributed by atoms with Crippen molar-refractivity contribution < 1.29 is 4.79 Å². The largest absolute Gasteiger partial charge is 0.338 e. The van der Waals surface area contributed by atoms with Crippen molar-refractivity contribution in [3.8, 4) is 0 Å². The van der Waals surface area contributed by atoms with Gasteiger partial charge in [-0.15, -0.1) is 0 Å². The lowest BCUT2D eigenvalue weighted by Gasteiger charge is -2.14. The summed E-state index contributed by atoms with van der Waals surface area (Å²) in [5.41, 5.74) is 0.822. The third kappa shape index (κ3) is 3.88. The summed E-state index contributed by atoms with van der Waals surface area (Å²) in [5, 5.41) is 8.00. The molecule has 3 aromatic rings. The normalized spacial score (nSPS) is 12.0. The van der Waals surface area contributed by atoms with E-state index in [0.29, 0.717) is 12.5 Å². The highest BCUT2D eigenvalue weighted by Crippen LogP contribution is 2.22. The molecule has 118 valence electrons. The number of hydrogen-bond acceptors (Lipinski definition) is 2. The molecule has 0 bridgehead atoms. The maximum Gasteiger partial charge on any atom is 0.319 e. The topological polar surface area (TPSA) is 59.0 Å². The molecular weight excluding hydrogens is 288 g/mol. The summed E-state index contributed by atoms with van der Waals surface area (Å²) in [5.74, 6) is 0.322. The van der Waals surface area contributed by atoms with E-state index in [0.717, 1.165) is 23.0 Å². The second-order valence-electron chi connectivity index (χ2n) is 5.73. The molecule has 2 N–H and O–H groups in total. The van der Waals surface area contributed by atoms with Gasteiger partial charge in [0.15, 0.2) is 0 Å².